The van der Waals surface area contributed by atoms with Crippen LogP contribution in [-0.4, -0.2) is 39.5 Å². The van der Waals surface area contributed by atoms with Crippen molar-refractivity contribution in [3.8, 4) is 0 Å². The SMILES string of the molecule is O=S(=O)(c1ccccc1)c1ccc(CN2CCNCC2)cc1. The van der Waals surface area contributed by atoms with E-state index in [4.69, 9.17) is 0 Å². The van der Waals surface area contributed by atoms with Gasteiger partial charge in [-0.15, -0.1) is 0 Å². The summed E-state index contributed by atoms with van der Waals surface area (Å²) in [6.45, 7) is 4.96. The number of hydrogen-bond donors (Lipinski definition) is 1. The predicted molar refractivity (Wildman–Crippen MR) is 86.5 cm³/mol. The van der Waals surface area contributed by atoms with E-state index in [2.05, 4.69) is 10.2 Å². The maximum atomic E-state index is 12.5. The first kappa shape index (κ1) is 15.2. The zero-order valence-corrected chi connectivity index (χ0v) is 13.2. The summed E-state index contributed by atoms with van der Waals surface area (Å²) in [5.41, 5.74) is 1.15. The van der Waals surface area contributed by atoms with Gasteiger partial charge in [0.2, 0.25) is 9.84 Å². The summed E-state index contributed by atoms with van der Waals surface area (Å²) in [5, 5.41) is 3.33. The van der Waals surface area contributed by atoms with Crippen LogP contribution in [0.5, 0.6) is 0 Å². The topological polar surface area (TPSA) is 49.4 Å². The van der Waals surface area contributed by atoms with Crippen molar-refractivity contribution < 1.29 is 8.42 Å². The molecule has 0 amide bonds. The van der Waals surface area contributed by atoms with E-state index >= 15 is 0 Å². The fraction of sp³-hybridized carbons (Fsp3) is 0.294. The van der Waals surface area contributed by atoms with Crippen LogP contribution >= 0.6 is 0 Å². The van der Waals surface area contributed by atoms with Crippen molar-refractivity contribution >= 4 is 9.84 Å². The quantitative estimate of drug-likeness (QED) is 0.936. The molecular weight excluding hydrogens is 296 g/mol. The van der Waals surface area contributed by atoms with Crippen molar-refractivity contribution in [2.75, 3.05) is 26.2 Å². The van der Waals surface area contributed by atoms with Gasteiger partial charge < -0.3 is 5.32 Å². The predicted octanol–water partition coefficient (Wildman–Crippen LogP) is 1.92. The largest absolute Gasteiger partial charge is 0.314 e. The van der Waals surface area contributed by atoms with Gasteiger partial charge in [-0.1, -0.05) is 30.3 Å². The molecule has 5 heteroatoms. The molecule has 1 N–H and O–H groups in total. The highest BCUT2D eigenvalue weighted by molar-refractivity contribution is 7.91. The van der Waals surface area contributed by atoms with Crippen molar-refractivity contribution in [2.24, 2.45) is 0 Å². The lowest BCUT2D eigenvalue weighted by Crippen LogP contribution is -2.42. The molecule has 2 aromatic rings. The Kier molecular flexibility index (Phi) is 4.57. The molecule has 0 spiro atoms. The summed E-state index contributed by atoms with van der Waals surface area (Å²) in [6, 6.07) is 15.8. The lowest BCUT2D eigenvalue weighted by molar-refractivity contribution is 0.233. The van der Waals surface area contributed by atoms with E-state index in [-0.39, 0.29) is 0 Å². The summed E-state index contributed by atoms with van der Waals surface area (Å²) in [4.78, 5) is 3.06. The van der Waals surface area contributed by atoms with Crippen molar-refractivity contribution in [2.45, 2.75) is 16.3 Å². The van der Waals surface area contributed by atoms with Gasteiger partial charge in [0.15, 0.2) is 0 Å². The highest BCUT2D eigenvalue weighted by atomic mass is 32.2. The molecule has 0 unspecified atom stereocenters. The Balaban J connectivity index is 1.76. The van der Waals surface area contributed by atoms with Crippen molar-refractivity contribution in [1.82, 2.24) is 10.2 Å². The first-order chi connectivity index (χ1) is 10.7. The van der Waals surface area contributed by atoms with Crippen LogP contribution in [0, 0.1) is 0 Å². The molecule has 1 fully saturated rings. The minimum Gasteiger partial charge on any atom is -0.314 e. The van der Waals surface area contributed by atoms with E-state index in [1.807, 2.05) is 18.2 Å². The van der Waals surface area contributed by atoms with E-state index in [1.54, 1.807) is 36.4 Å². The van der Waals surface area contributed by atoms with Gasteiger partial charge in [0.25, 0.3) is 0 Å². The van der Waals surface area contributed by atoms with Gasteiger partial charge in [-0.2, -0.15) is 0 Å². The van der Waals surface area contributed by atoms with Gasteiger partial charge in [-0.3, -0.25) is 4.90 Å². The van der Waals surface area contributed by atoms with E-state index in [1.165, 1.54) is 0 Å². The van der Waals surface area contributed by atoms with Crippen molar-refractivity contribution in [3.63, 3.8) is 0 Å². The normalized spacial score (nSPS) is 16.5. The lowest BCUT2D eigenvalue weighted by atomic mass is 10.2. The van der Waals surface area contributed by atoms with Gasteiger partial charge in [0.1, 0.15) is 0 Å². The van der Waals surface area contributed by atoms with Gasteiger partial charge in [0, 0.05) is 32.7 Å². The third-order valence-corrected chi connectivity index (χ3v) is 5.69. The number of nitrogens with one attached hydrogen (secondary N) is 1. The molecule has 0 aliphatic carbocycles. The van der Waals surface area contributed by atoms with Crippen molar-refractivity contribution in [1.29, 1.82) is 0 Å². The number of piperazine rings is 1. The van der Waals surface area contributed by atoms with Crippen LogP contribution in [0.1, 0.15) is 5.56 Å². The van der Waals surface area contributed by atoms with Crippen molar-refractivity contribution in [3.05, 3.63) is 60.2 Å². The molecule has 0 atom stereocenters. The maximum absolute atomic E-state index is 12.5. The second kappa shape index (κ2) is 6.60. The third kappa shape index (κ3) is 3.38. The molecule has 1 aliphatic heterocycles. The standard InChI is InChI=1S/C17H20N2O2S/c20-22(21,16-4-2-1-3-5-16)17-8-6-15(7-9-17)14-19-12-10-18-11-13-19/h1-9,18H,10-14H2. The summed E-state index contributed by atoms with van der Waals surface area (Å²) < 4.78 is 25.0. The van der Waals surface area contributed by atoms with Gasteiger partial charge in [0.05, 0.1) is 9.79 Å². The number of benzene rings is 2. The number of rotatable bonds is 4. The van der Waals surface area contributed by atoms with Crippen LogP contribution in [0.2, 0.25) is 0 Å². The smallest absolute Gasteiger partial charge is 0.206 e. The molecule has 0 saturated carbocycles. The molecule has 116 valence electrons. The third-order valence-electron chi connectivity index (χ3n) is 3.90. The van der Waals surface area contributed by atoms with Crippen LogP contribution in [0.15, 0.2) is 64.4 Å². The van der Waals surface area contributed by atoms with Crippen LogP contribution in [0.3, 0.4) is 0 Å². The fourth-order valence-corrected chi connectivity index (χ4v) is 3.92. The summed E-state index contributed by atoms with van der Waals surface area (Å²) >= 11 is 0. The zero-order chi connectivity index (χ0) is 15.4. The highest BCUT2D eigenvalue weighted by Gasteiger charge is 2.17. The Morgan fingerprint density at radius 2 is 1.45 bits per heavy atom. The minimum atomic E-state index is -3.41. The Hall–Kier alpha value is -1.69. The number of sulfone groups is 1. The number of nitrogens with zero attached hydrogens (tertiary/aromatic N) is 1. The van der Waals surface area contributed by atoms with Gasteiger partial charge in [-0.25, -0.2) is 8.42 Å². The Morgan fingerprint density at radius 3 is 2.09 bits per heavy atom. The number of hydrogen-bond acceptors (Lipinski definition) is 4. The Morgan fingerprint density at radius 1 is 0.864 bits per heavy atom. The summed E-state index contributed by atoms with van der Waals surface area (Å²) in [5.74, 6) is 0. The monoisotopic (exact) mass is 316 g/mol. The maximum Gasteiger partial charge on any atom is 0.206 e. The molecular formula is C17H20N2O2S. The molecule has 22 heavy (non-hydrogen) atoms. The lowest BCUT2D eigenvalue weighted by Gasteiger charge is -2.27. The molecule has 3 rings (SSSR count). The van der Waals surface area contributed by atoms with Crippen LogP contribution < -0.4 is 5.32 Å². The minimum absolute atomic E-state index is 0.338. The Labute approximate surface area is 131 Å². The molecule has 0 radical (unpaired) electrons. The average molecular weight is 316 g/mol. The van der Waals surface area contributed by atoms with E-state index in [0.29, 0.717) is 9.79 Å². The second-order valence-corrected chi connectivity index (χ2v) is 7.44. The fourth-order valence-electron chi connectivity index (χ4n) is 2.64. The van der Waals surface area contributed by atoms with Gasteiger partial charge >= 0.3 is 0 Å². The second-order valence-electron chi connectivity index (χ2n) is 5.49. The van der Waals surface area contributed by atoms with E-state index in [9.17, 15) is 8.42 Å². The van der Waals surface area contributed by atoms with E-state index in [0.717, 1.165) is 38.3 Å². The molecule has 2 aromatic carbocycles. The van der Waals surface area contributed by atoms with E-state index < -0.39 is 9.84 Å². The summed E-state index contributed by atoms with van der Waals surface area (Å²) in [7, 11) is -3.41. The molecule has 4 nitrogen and oxygen atoms in total. The van der Waals surface area contributed by atoms with Crippen LogP contribution in [0.25, 0.3) is 0 Å². The molecule has 1 saturated heterocycles. The highest BCUT2D eigenvalue weighted by Crippen LogP contribution is 2.21. The summed E-state index contributed by atoms with van der Waals surface area (Å²) in [6.07, 6.45) is 0. The van der Waals surface area contributed by atoms with Crippen LogP contribution in [-0.2, 0) is 16.4 Å². The molecule has 1 aliphatic rings. The molecule has 0 bridgehead atoms. The van der Waals surface area contributed by atoms with Crippen LogP contribution in [0.4, 0.5) is 0 Å². The Bertz CT molecular complexity index is 706. The molecule has 1 heterocycles. The van der Waals surface area contributed by atoms with Gasteiger partial charge in [-0.05, 0) is 29.8 Å². The molecule has 0 aromatic heterocycles. The first-order valence-electron chi connectivity index (χ1n) is 7.48. The first-order valence-corrected chi connectivity index (χ1v) is 8.97. The zero-order valence-electron chi connectivity index (χ0n) is 12.4. The average Bonchev–Trinajstić information content (AvgIpc) is 2.57.